The van der Waals surface area contributed by atoms with E-state index in [2.05, 4.69) is 13.8 Å². The average molecular weight is 297 g/mol. The van der Waals surface area contributed by atoms with Crippen molar-refractivity contribution in [2.24, 2.45) is 17.8 Å². The topological polar surface area (TPSA) is 0 Å². The highest BCUT2D eigenvalue weighted by molar-refractivity contribution is 4.89. The molecule has 0 bridgehead atoms. The largest absolute Gasteiger partial charge is 0.244 e. The van der Waals surface area contributed by atoms with Crippen LogP contribution in [0, 0.1) is 17.8 Å². The molecule has 0 N–H and O–H groups in total. The fourth-order valence-corrected chi connectivity index (χ4v) is 4.93. The third-order valence-corrected chi connectivity index (χ3v) is 6.41. The Morgan fingerprint density at radius 1 is 0.810 bits per heavy atom. The van der Waals surface area contributed by atoms with Crippen molar-refractivity contribution in [3.63, 3.8) is 0 Å². The number of unbranched alkanes of at least 4 members (excludes halogenated alkanes) is 2. The van der Waals surface area contributed by atoms with Crippen LogP contribution in [0.15, 0.2) is 0 Å². The lowest BCUT2D eigenvalue weighted by molar-refractivity contribution is 0.0456. The summed E-state index contributed by atoms with van der Waals surface area (Å²) in [6.45, 7) is 4.52. The Bertz CT molecular complexity index is 270. The summed E-state index contributed by atoms with van der Waals surface area (Å²) >= 11 is 0. The number of rotatable bonds is 7. The van der Waals surface area contributed by atoms with Gasteiger partial charge in [0.2, 0.25) is 0 Å². The molecule has 1 heteroatoms. The van der Waals surface area contributed by atoms with Crippen LogP contribution in [0.4, 0.5) is 4.39 Å². The van der Waals surface area contributed by atoms with Crippen LogP contribution in [-0.2, 0) is 0 Å². The Hall–Kier alpha value is -0.0700. The molecule has 0 atom stereocenters. The van der Waals surface area contributed by atoms with E-state index in [4.69, 9.17) is 0 Å². The van der Waals surface area contributed by atoms with Gasteiger partial charge in [0.15, 0.2) is 0 Å². The molecular formula is C20H37F. The van der Waals surface area contributed by atoms with Crippen LogP contribution < -0.4 is 0 Å². The van der Waals surface area contributed by atoms with Crippen molar-refractivity contribution in [3.05, 3.63) is 0 Å². The van der Waals surface area contributed by atoms with Gasteiger partial charge in [-0.05, 0) is 62.7 Å². The fourth-order valence-electron chi connectivity index (χ4n) is 4.93. The first-order valence-corrected chi connectivity index (χ1v) is 9.85. The zero-order valence-electron chi connectivity index (χ0n) is 14.5. The molecule has 0 nitrogen and oxygen atoms in total. The minimum atomic E-state index is -0.801. The molecule has 0 spiro atoms. The van der Waals surface area contributed by atoms with Gasteiger partial charge in [0.25, 0.3) is 0 Å². The Morgan fingerprint density at radius 3 is 2.00 bits per heavy atom. The van der Waals surface area contributed by atoms with Crippen molar-refractivity contribution in [3.8, 4) is 0 Å². The molecule has 0 aromatic heterocycles. The highest BCUT2D eigenvalue weighted by Crippen LogP contribution is 2.45. The van der Waals surface area contributed by atoms with E-state index in [1.165, 1.54) is 64.2 Å². The van der Waals surface area contributed by atoms with Crippen molar-refractivity contribution in [1.82, 2.24) is 0 Å². The van der Waals surface area contributed by atoms with Crippen LogP contribution in [0.25, 0.3) is 0 Å². The van der Waals surface area contributed by atoms with Crippen molar-refractivity contribution >= 4 is 0 Å². The molecule has 0 aromatic rings. The van der Waals surface area contributed by atoms with Gasteiger partial charge >= 0.3 is 0 Å². The number of alkyl halides is 1. The molecule has 0 amide bonds. The molecular weight excluding hydrogens is 259 g/mol. The zero-order valence-corrected chi connectivity index (χ0v) is 14.5. The second-order valence-corrected chi connectivity index (χ2v) is 8.01. The van der Waals surface area contributed by atoms with Gasteiger partial charge in [-0.3, -0.25) is 0 Å². The van der Waals surface area contributed by atoms with Crippen LogP contribution in [0.5, 0.6) is 0 Å². The normalized spacial score (nSPS) is 37.6. The lowest BCUT2D eigenvalue weighted by Gasteiger charge is -2.40. The maximum Gasteiger partial charge on any atom is 0.111 e. The van der Waals surface area contributed by atoms with Crippen molar-refractivity contribution in [2.45, 2.75) is 109 Å². The van der Waals surface area contributed by atoms with Gasteiger partial charge in [-0.1, -0.05) is 58.8 Å². The Balaban J connectivity index is 1.69. The molecule has 0 unspecified atom stereocenters. The standard InChI is InChI=1S/C20H37F/c1-3-5-6-14-20(21)15-12-19(13-16-20)18-10-8-17(7-4-2)9-11-18/h17-19H,3-16H2,1-2H3/t17-,18-,19?,20?. The van der Waals surface area contributed by atoms with Gasteiger partial charge in [0, 0.05) is 0 Å². The number of hydrogen-bond acceptors (Lipinski definition) is 0. The Kier molecular flexibility index (Phi) is 7.02. The molecule has 0 heterocycles. The molecule has 0 radical (unpaired) electrons. The third-order valence-electron chi connectivity index (χ3n) is 6.41. The molecule has 124 valence electrons. The lowest BCUT2D eigenvalue weighted by Crippen LogP contribution is -2.33. The van der Waals surface area contributed by atoms with Crippen LogP contribution in [-0.4, -0.2) is 5.67 Å². The van der Waals surface area contributed by atoms with Crippen molar-refractivity contribution in [1.29, 1.82) is 0 Å². The second kappa shape index (κ2) is 8.53. The number of halogens is 1. The summed E-state index contributed by atoms with van der Waals surface area (Å²) in [6.07, 6.45) is 17.0. The first-order chi connectivity index (χ1) is 10.2. The first kappa shape index (κ1) is 17.3. The minimum absolute atomic E-state index is 0.801. The van der Waals surface area contributed by atoms with Gasteiger partial charge in [-0.15, -0.1) is 0 Å². The van der Waals surface area contributed by atoms with Gasteiger partial charge < -0.3 is 0 Å². The van der Waals surface area contributed by atoms with Crippen LogP contribution >= 0.6 is 0 Å². The monoisotopic (exact) mass is 296 g/mol. The molecule has 0 aliphatic heterocycles. The smallest absolute Gasteiger partial charge is 0.111 e. The van der Waals surface area contributed by atoms with Gasteiger partial charge in [-0.25, -0.2) is 4.39 Å². The fraction of sp³-hybridized carbons (Fsp3) is 1.00. The van der Waals surface area contributed by atoms with Crippen LogP contribution in [0.1, 0.15) is 104 Å². The highest BCUT2D eigenvalue weighted by Gasteiger charge is 2.37. The lowest BCUT2D eigenvalue weighted by atomic mass is 9.67. The third kappa shape index (κ3) is 5.25. The number of hydrogen-bond donors (Lipinski definition) is 0. The summed E-state index contributed by atoms with van der Waals surface area (Å²) in [5, 5.41) is 0. The van der Waals surface area contributed by atoms with E-state index in [1.54, 1.807) is 0 Å². The van der Waals surface area contributed by atoms with Crippen LogP contribution in [0.3, 0.4) is 0 Å². The highest BCUT2D eigenvalue weighted by atomic mass is 19.1. The van der Waals surface area contributed by atoms with Gasteiger partial charge in [-0.2, -0.15) is 0 Å². The molecule has 2 rings (SSSR count). The molecule has 0 aromatic carbocycles. The quantitative estimate of drug-likeness (QED) is 0.441. The van der Waals surface area contributed by atoms with E-state index >= 15 is 0 Å². The van der Waals surface area contributed by atoms with E-state index in [0.29, 0.717) is 0 Å². The molecule has 2 fully saturated rings. The summed E-state index contributed by atoms with van der Waals surface area (Å²) in [7, 11) is 0. The van der Waals surface area contributed by atoms with Crippen molar-refractivity contribution < 1.29 is 4.39 Å². The van der Waals surface area contributed by atoms with Crippen molar-refractivity contribution in [2.75, 3.05) is 0 Å². The van der Waals surface area contributed by atoms with Gasteiger partial charge in [0.1, 0.15) is 5.67 Å². The summed E-state index contributed by atoms with van der Waals surface area (Å²) in [5.74, 6) is 2.78. The van der Waals surface area contributed by atoms with E-state index < -0.39 is 5.67 Å². The Labute approximate surface area is 132 Å². The first-order valence-electron chi connectivity index (χ1n) is 9.85. The SMILES string of the molecule is CCCCCC1(F)CCC([C@H]2CC[C@H](CCC)CC2)CC1. The summed E-state index contributed by atoms with van der Waals surface area (Å²) in [4.78, 5) is 0. The zero-order chi connectivity index (χ0) is 15.1. The molecule has 2 aliphatic carbocycles. The molecule has 0 saturated heterocycles. The summed E-state index contributed by atoms with van der Waals surface area (Å²) in [5.41, 5.74) is -0.801. The predicted octanol–water partition coefficient (Wildman–Crippen LogP) is 7.07. The van der Waals surface area contributed by atoms with Gasteiger partial charge in [0.05, 0.1) is 0 Å². The van der Waals surface area contributed by atoms with E-state index in [9.17, 15) is 4.39 Å². The minimum Gasteiger partial charge on any atom is -0.244 e. The Morgan fingerprint density at radius 2 is 1.43 bits per heavy atom. The van der Waals surface area contributed by atoms with E-state index in [1.807, 2.05) is 0 Å². The maximum absolute atomic E-state index is 14.8. The second-order valence-electron chi connectivity index (χ2n) is 8.01. The van der Waals surface area contributed by atoms with E-state index in [-0.39, 0.29) is 0 Å². The maximum atomic E-state index is 14.8. The van der Waals surface area contributed by atoms with Crippen LogP contribution in [0.2, 0.25) is 0 Å². The molecule has 21 heavy (non-hydrogen) atoms. The van der Waals surface area contributed by atoms with E-state index in [0.717, 1.165) is 43.4 Å². The average Bonchev–Trinajstić information content (AvgIpc) is 2.50. The molecule has 2 saturated carbocycles. The predicted molar refractivity (Wildman–Crippen MR) is 90.3 cm³/mol. The summed E-state index contributed by atoms with van der Waals surface area (Å²) < 4.78 is 14.8. The summed E-state index contributed by atoms with van der Waals surface area (Å²) in [6, 6.07) is 0. The molecule has 2 aliphatic rings.